The molecule has 2 aromatic heterocycles. The van der Waals surface area contributed by atoms with Crippen LogP contribution in [0.5, 0.6) is 0 Å². The van der Waals surface area contributed by atoms with Gasteiger partial charge in [0.2, 0.25) is 0 Å². The summed E-state index contributed by atoms with van der Waals surface area (Å²) in [5, 5.41) is 4.78. The van der Waals surface area contributed by atoms with E-state index in [1.54, 1.807) is 18.3 Å². The van der Waals surface area contributed by atoms with E-state index in [0.29, 0.717) is 5.11 Å². The zero-order valence-electron chi connectivity index (χ0n) is 19.1. The molecule has 2 aromatic carbocycles. The summed E-state index contributed by atoms with van der Waals surface area (Å²) in [6.07, 6.45) is 1.79. The van der Waals surface area contributed by atoms with E-state index in [4.69, 9.17) is 23.8 Å². The molecule has 0 bridgehead atoms. The molecule has 5 rings (SSSR count). The Kier molecular flexibility index (Phi) is 5.88. The molecule has 0 saturated carbocycles. The first-order chi connectivity index (χ1) is 16.4. The first-order valence-electron chi connectivity index (χ1n) is 11.1. The largest absolute Gasteiger partial charge is 0.351 e. The lowest BCUT2D eigenvalue weighted by Gasteiger charge is -2.28. The van der Waals surface area contributed by atoms with Crippen LogP contribution in [0, 0.1) is 26.6 Å². The first kappa shape index (κ1) is 22.6. The van der Waals surface area contributed by atoms with Crippen molar-refractivity contribution in [3.05, 3.63) is 112 Å². The minimum Gasteiger partial charge on any atom is -0.351 e. The molecule has 172 valence electrons. The predicted octanol–water partition coefficient (Wildman–Crippen LogP) is 6.77. The van der Waals surface area contributed by atoms with Crippen LogP contribution in [0.25, 0.3) is 5.69 Å². The Morgan fingerprint density at radius 2 is 1.76 bits per heavy atom. The fourth-order valence-electron chi connectivity index (χ4n) is 4.85. The Labute approximate surface area is 209 Å². The molecule has 0 aliphatic carbocycles. The van der Waals surface area contributed by atoms with Crippen molar-refractivity contribution in [2.75, 3.05) is 4.90 Å². The fourth-order valence-corrected chi connectivity index (χ4v) is 5.36. The first-order valence-corrected chi connectivity index (χ1v) is 11.9. The summed E-state index contributed by atoms with van der Waals surface area (Å²) >= 11 is 12.2. The van der Waals surface area contributed by atoms with E-state index in [1.807, 2.05) is 37.3 Å². The molecule has 3 heterocycles. The lowest BCUT2D eigenvalue weighted by Crippen LogP contribution is -2.29. The number of rotatable bonds is 4. The predicted molar refractivity (Wildman–Crippen MR) is 139 cm³/mol. The molecular formula is C27H24ClFN4S. The van der Waals surface area contributed by atoms with Crippen LogP contribution >= 0.6 is 23.8 Å². The van der Waals surface area contributed by atoms with E-state index in [0.717, 1.165) is 44.6 Å². The van der Waals surface area contributed by atoms with Gasteiger partial charge in [-0.05, 0) is 98.7 Å². The zero-order valence-corrected chi connectivity index (χ0v) is 20.7. The number of pyridine rings is 1. The van der Waals surface area contributed by atoms with Gasteiger partial charge in [-0.15, -0.1) is 0 Å². The summed E-state index contributed by atoms with van der Waals surface area (Å²) in [4.78, 5) is 6.68. The van der Waals surface area contributed by atoms with Crippen LogP contribution in [0.2, 0.25) is 5.02 Å². The number of anilines is 1. The van der Waals surface area contributed by atoms with Gasteiger partial charge in [-0.25, -0.2) is 4.39 Å². The molecule has 2 atom stereocenters. The molecule has 1 aliphatic rings. The number of aromatic nitrogens is 2. The number of benzene rings is 2. The Morgan fingerprint density at radius 3 is 2.47 bits per heavy atom. The highest BCUT2D eigenvalue weighted by Gasteiger charge is 2.42. The number of thiocarbonyl (C=S) groups is 1. The van der Waals surface area contributed by atoms with Gasteiger partial charge in [-0.2, -0.15) is 0 Å². The number of nitrogens with zero attached hydrogens (tertiary/aromatic N) is 3. The number of hydrogen-bond donors (Lipinski definition) is 1. The van der Waals surface area contributed by atoms with Gasteiger partial charge in [-0.3, -0.25) is 4.98 Å². The van der Waals surface area contributed by atoms with Gasteiger partial charge in [-0.1, -0.05) is 23.7 Å². The van der Waals surface area contributed by atoms with Crippen molar-refractivity contribution < 1.29 is 4.39 Å². The summed E-state index contributed by atoms with van der Waals surface area (Å²) in [6, 6.07) is 20.1. The van der Waals surface area contributed by atoms with Crippen molar-refractivity contribution in [1.29, 1.82) is 0 Å². The highest BCUT2D eigenvalue weighted by Crippen LogP contribution is 2.44. The average molecular weight is 491 g/mol. The number of aryl methyl sites for hydroxylation is 1. The topological polar surface area (TPSA) is 33.1 Å². The number of hydrogen-bond acceptors (Lipinski definition) is 2. The smallest absolute Gasteiger partial charge is 0.174 e. The van der Waals surface area contributed by atoms with Gasteiger partial charge in [0.1, 0.15) is 5.82 Å². The van der Waals surface area contributed by atoms with Crippen LogP contribution in [0.3, 0.4) is 0 Å². The lowest BCUT2D eigenvalue weighted by atomic mass is 9.96. The maximum atomic E-state index is 13.7. The van der Waals surface area contributed by atoms with Crippen molar-refractivity contribution in [3.63, 3.8) is 0 Å². The third-order valence-corrected chi connectivity index (χ3v) is 7.20. The van der Waals surface area contributed by atoms with E-state index < -0.39 is 0 Å². The SMILES string of the molecule is Cc1c(Cl)cccc1-n1c(C)cc(C2C(c3ccccn3)NC(=S)N2c2ccc(F)cc2)c1C. The van der Waals surface area contributed by atoms with Crippen LogP contribution in [-0.4, -0.2) is 14.7 Å². The molecule has 4 nitrogen and oxygen atoms in total. The molecule has 1 saturated heterocycles. The molecule has 4 aromatic rings. The van der Waals surface area contributed by atoms with Gasteiger partial charge in [0.05, 0.1) is 17.8 Å². The van der Waals surface area contributed by atoms with E-state index in [1.165, 1.54) is 12.1 Å². The second-order valence-electron chi connectivity index (χ2n) is 8.52. The molecule has 0 spiro atoms. The molecule has 1 aliphatic heterocycles. The summed E-state index contributed by atoms with van der Waals surface area (Å²) in [6.45, 7) is 6.24. The minimum absolute atomic E-state index is 0.173. The van der Waals surface area contributed by atoms with Gasteiger partial charge in [0, 0.05) is 34.0 Å². The van der Waals surface area contributed by atoms with Gasteiger partial charge in [0.25, 0.3) is 0 Å². The second kappa shape index (κ2) is 8.85. The van der Waals surface area contributed by atoms with E-state index >= 15 is 0 Å². The Bertz CT molecular complexity index is 1370. The van der Waals surface area contributed by atoms with Crippen molar-refractivity contribution in [2.24, 2.45) is 0 Å². The molecule has 2 unspecified atom stereocenters. The van der Waals surface area contributed by atoms with E-state index in [-0.39, 0.29) is 17.9 Å². The van der Waals surface area contributed by atoms with Crippen molar-refractivity contribution >= 4 is 34.6 Å². The molecule has 0 amide bonds. The van der Waals surface area contributed by atoms with Crippen molar-refractivity contribution in [1.82, 2.24) is 14.9 Å². The number of halogens is 2. The molecule has 34 heavy (non-hydrogen) atoms. The third kappa shape index (κ3) is 3.77. The summed E-state index contributed by atoms with van der Waals surface area (Å²) in [5.41, 5.74) is 7.08. The minimum atomic E-state index is -0.283. The Hall–Kier alpha value is -3.22. The standard InChI is InChI=1S/C27H24ClFN4S/c1-16-15-21(18(3)32(16)24-9-6-7-22(28)17(24)2)26-25(23-8-4-5-14-30-23)31-27(34)33(26)20-12-10-19(29)11-13-20/h4-15,25-26H,1-3H3,(H,31,34). The van der Waals surface area contributed by atoms with Gasteiger partial charge < -0.3 is 14.8 Å². The second-order valence-corrected chi connectivity index (χ2v) is 9.31. The number of nitrogens with one attached hydrogen (secondary N) is 1. The molecular weight excluding hydrogens is 467 g/mol. The van der Waals surface area contributed by atoms with Crippen LogP contribution in [0.4, 0.5) is 10.1 Å². The van der Waals surface area contributed by atoms with E-state index in [2.05, 4.69) is 45.7 Å². The van der Waals surface area contributed by atoms with Crippen LogP contribution in [0.1, 0.15) is 40.3 Å². The maximum Gasteiger partial charge on any atom is 0.174 e. The van der Waals surface area contributed by atoms with Crippen LogP contribution < -0.4 is 10.2 Å². The van der Waals surface area contributed by atoms with Crippen LogP contribution in [0.15, 0.2) is 72.9 Å². The highest BCUT2D eigenvalue weighted by molar-refractivity contribution is 7.80. The molecule has 1 N–H and O–H groups in total. The Balaban J connectivity index is 1.70. The Morgan fingerprint density at radius 1 is 1.00 bits per heavy atom. The highest BCUT2D eigenvalue weighted by atomic mass is 35.5. The van der Waals surface area contributed by atoms with Crippen LogP contribution in [-0.2, 0) is 0 Å². The van der Waals surface area contributed by atoms with Crippen molar-refractivity contribution in [3.8, 4) is 5.69 Å². The summed E-state index contributed by atoms with van der Waals surface area (Å²) in [7, 11) is 0. The average Bonchev–Trinajstić information content (AvgIpc) is 3.32. The molecule has 7 heteroatoms. The lowest BCUT2D eigenvalue weighted by molar-refractivity contribution is 0.565. The third-order valence-electron chi connectivity index (χ3n) is 6.47. The van der Waals surface area contributed by atoms with E-state index in [9.17, 15) is 4.39 Å². The zero-order chi connectivity index (χ0) is 24.0. The quantitative estimate of drug-likeness (QED) is 0.320. The molecule has 1 fully saturated rings. The van der Waals surface area contributed by atoms with Gasteiger partial charge in [0.15, 0.2) is 5.11 Å². The molecule has 0 radical (unpaired) electrons. The normalized spacial score (nSPS) is 17.8. The maximum absolute atomic E-state index is 13.7. The fraction of sp³-hybridized carbons (Fsp3) is 0.185. The monoisotopic (exact) mass is 490 g/mol. The van der Waals surface area contributed by atoms with Crippen molar-refractivity contribution in [2.45, 2.75) is 32.9 Å². The summed E-state index contributed by atoms with van der Waals surface area (Å²) in [5.74, 6) is -0.283. The summed E-state index contributed by atoms with van der Waals surface area (Å²) < 4.78 is 16.0. The van der Waals surface area contributed by atoms with Gasteiger partial charge >= 0.3 is 0 Å².